The van der Waals surface area contributed by atoms with Gasteiger partial charge in [0.2, 0.25) is 0 Å². The van der Waals surface area contributed by atoms with Crippen LogP contribution in [0.15, 0.2) is 36.5 Å². The first-order valence-electron chi connectivity index (χ1n) is 9.14. The van der Waals surface area contributed by atoms with E-state index in [9.17, 15) is 18.0 Å². The molecule has 1 aliphatic rings. The van der Waals surface area contributed by atoms with Crippen molar-refractivity contribution in [2.24, 2.45) is 7.05 Å². The molecule has 0 unspecified atom stereocenters. The zero-order chi connectivity index (χ0) is 19.9. The molecular weight excluding hydrogens is 369 g/mol. The van der Waals surface area contributed by atoms with E-state index in [4.69, 9.17) is 0 Å². The first-order valence-corrected chi connectivity index (χ1v) is 9.14. The molecule has 2 heterocycles. The second-order valence-corrected chi connectivity index (χ2v) is 7.09. The van der Waals surface area contributed by atoms with Gasteiger partial charge in [0.25, 0.3) is 5.91 Å². The summed E-state index contributed by atoms with van der Waals surface area (Å²) < 4.78 is 40.0. The molecule has 0 saturated heterocycles. The summed E-state index contributed by atoms with van der Waals surface area (Å²) in [5.41, 5.74) is 1.15. The minimum Gasteiger partial charge on any atom is -0.349 e. The molecule has 2 aromatic heterocycles. The van der Waals surface area contributed by atoms with Crippen molar-refractivity contribution in [3.8, 4) is 11.3 Å². The number of carbonyl (C=O) groups is 1. The monoisotopic (exact) mass is 388 g/mol. The average Bonchev–Trinajstić information content (AvgIpc) is 3.30. The second kappa shape index (κ2) is 6.92. The largest absolute Gasteiger partial charge is 0.416 e. The number of fused-ring (bicyclic) bond motifs is 1. The molecule has 0 atom stereocenters. The van der Waals surface area contributed by atoms with Gasteiger partial charge < -0.3 is 5.32 Å². The molecule has 28 heavy (non-hydrogen) atoms. The number of nitrogens with zero attached hydrogens (tertiary/aromatic N) is 3. The van der Waals surface area contributed by atoms with Gasteiger partial charge in [0.05, 0.1) is 28.4 Å². The van der Waals surface area contributed by atoms with Gasteiger partial charge in [-0.05, 0) is 31.0 Å². The van der Waals surface area contributed by atoms with E-state index in [2.05, 4.69) is 15.4 Å². The fraction of sp³-hybridized carbons (Fsp3) is 0.350. The molecule has 4 rings (SSSR count). The molecule has 1 N–H and O–H groups in total. The van der Waals surface area contributed by atoms with Gasteiger partial charge in [-0.15, -0.1) is 0 Å². The molecule has 1 fully saturated rings. The second-order valence-electron chi connectivity index (χ2n) is 7.09. The Morgan fingerprint density at radius 3 is 2.50 bits per heavy atom. The van der Waals surface area contributed by atoms with Gasteiger partial charge in [-0.2, -0.15) is 18.3 Å². The zero-order valence-corrected chi connectivity index (χ0v) is 15.3. The lowest BCUT2D eigenvalue weighted by Gasteiger charge is -2.13. The van der Waals surface area contributed by atoms with Crippen LogP contribution in [0, 0.1) is 0 Å². The summed E-state index contributed by atoms with van der Waals surface area (Å²) in [5.74, 6) is -0.208. The van der Waals surface area contributed by atoms with Crippen molar-refractivity contribution < 1.29 is 18.0 Å². The normalized spacial score (nSPS) is 15.3. The molecule has 8 heteroatoms. The highest BCUT2D eigenvalue weighted by Gasteiger charge is 2.30. The van der Waals surface area contributed by atoms with Gasteiger partial charge in [0.15, 0.2) is 5.65 Å². The van der Waals surface area contributed by atoms with Crippen molar-refractivity contribution in [3.05, 3.63) is 47.7 Å². The molecule has 1 aliphatic carbocycles. The summed E-state index contributed by atoms with van der Waals surface area (Å²) in [6.45, 7) is 0. The molecule has 1 aromatic carbocycles. The van der Waals surface area contributed by atoms with E-state index in [-0.39, 0.29) is 11.9 Å². The Labute approximate surface area is 159 Å². The van der Waals surface area contributed by atoms with Crippen LogP contribution in [0.2, 0.25) is 0 Å². The van der Waals surface area contributed by atoms with Crippen LogP contribution in [0.3, 0.4) is 0 Å². The van der Waals surface area contributed by atoms with Gasteiger partial charge in [-0.25, -0.2) is 4.98 Å². The Morgan fingerprint density at radius 1 is 1.18 bits per heavy atom. The molecule has 1 saturated carbocycles. The number of hydrogen-bond acceptors (Lipinski definition) is 3. The van der Waals surface area contributed by atoms with Crippen LogP contribution < -0.4 is 5.32 Å². The third-order valence-electron chi connectivity index (χ3n) is 5.15. The van der Waals surface area contributed by atoms with Gasteiger partial charge in [-0.1, -0.05) is 25.0 Å². The summed E-state index contributed by atoms with van der Waals surface area (Å²) in [6.07, 6.45) is 1.30. The summed E-state index contributed by atoms with van der Waals surface area (Å²) in [4.78, 5) is 17.4. The Hall–Kier alpha value is -2.90. The number of amides is 1. The topological polar surface area (TPSA) is 59.8 Å². The highest BCUT2D eigenvalue weighted by Crippen LogP contribution is 2.31. The fourth-order valence-electron chi connectivity index (χ4n) is 3.61. The van der Waals surface area contributed by atoms with E-state index in [1.165, 1.54) is 12.1 Å². The van der Waals surface area contributed by atoms with Gasteiger partial charge >= 0.3 is 6.18 Å². The van der Waals surface area contributed by atoms with Crippen LogP contribution in [0.25, 0.3) is 22.3 Å². The van der Waals surface area contributed by atoms with Crippen LogP contribution >= 0.6 is 0 Å². The number of aryl methyl sites for hydroxylation is 1. The fourth-order valence-corrected chi connectivity index (χ4v) is 3.61. The maximum atomic E-state index is 12.9. The summed E-state index contributed by atoms with van der Waals surface area (Å²) in [6, 6.07) is 6.54. The number of aromatic nitrogens is 3. The van der Waals surface area contributed by atoms with Crippen molar-refractivity contribution in [2.75, 3.05) is 0 Å². The summed E-state index contributed by atoms with van der Waals surface area (Å²) >= 11 is 0. The lowest BCUT2D eigenvalue weighted by Crippen LogP contribution is -2.32. The van der Waals surface area contributed by atoms with E-state index < -0.39 is 11.7 Å². The van der Waals surface area contributed by atoms with Crippen molar-refractivity contribution in [3.63, 3.8) is 0 Å². The molecular formula is C20H19F3N4O. The number of halogens is 3. The molecule has 0 aliphatic heterocycles. The first kappa shape index (κ1) is 18.5. The standard InChI is InChI=1S/C20H19F3N4O/c1-27-18-16(11-24-27)15(19(28)25-14-4-2-3-5-14)10-17(26-18)12-6-8-13(9-7-12)20(21,22)23/h6-11,14H,2-5H2,1H3,(H,25,28). The van der Waals surface area contributed by atoms with Crippen LogP contribution in [0.1, 0.15) is 41.6 Å². The lowest BCUT2D eigenvalue weighted by molar-refractivity contribution is -0.137. The Balaban J connectivity index is 1.75. The minimum atomic E-state index is -4.40. The van der Waals surface area contributed by atoms with Crippen molar-refractivity contribution in [2.45, 2.75) is 37.9 Å². The molecule has 0 radical (unpaired) electrons. The Bertz CT molecular complexity index is 1020. The predicted octanol–water partition coefficient (Wildman–Crippen LogP) is 4.33. The van der Waals surface area contributed by atoms with E-state index in [0.29, 0.717) is 27.9 Å². The smallest absolute Gasteiger partial charge is 0.349 e. The third kappa shape index (κ3) is 3.46. The number of benzene rings is 1. The first-order chi connectivity index (χ1) is 13.3. The summed E-state index contributed by atoms with van der Waals surface area (Å²) in [7, 11) is 1.71. The van der Waals surface area contributed by atoms with Crippen LogP contribution in [-0.2, 0) is 13.2 Å². The number of alkyl halides is 3. The highest BCUT2D eigenvalue weighted by molar-refractivity contribution is 6.06. The third-order valence-corrected chi connectivity index (χ3v) is 5.15. The SMILES string of the molecule is Cn1ncc2c(C(=O)NC3CCCC3)cc(-c3ccc(C(F)(F)F)cc3)nc21. The molecule has 0 bridgehead atoms. The Morgan fingerprint density at radius 2 is 1.86 bits per heavy atom. The lowest BCUT2D eigenvalue weighted by atomic mass is 10.0. The maximum absolute atomic E-state index is 12.9. The van der Waals surface area contributed by atoms with Crippen LogP contribution in [-0.4, -0.2) is 26.7 Å². The number of rotatable bonds is 3. The van der Waals surface area contributed by atoms with Gasteiger partial charge in [-0.3, -0.25) is 9.48 Å². The van der Waals surface area contributed by atoms with Crippen LogP contribution in [0.4, 0.5) is 13.2 Å². The number of pyridine rings is 1. The number of carbonyl (C=O) groups excluding carboxylic acids is 1. The van der Waals surface area contributed by atoms with E-state index in [0.717, 1.165) is 37.8 Å². The average molecular weight is 388 g/mol. The molecule has 0 spiro atoms. The van der Waals surface area contributed by atoms with Gasteiger partial charge in [0.1, 0.15) is 0 Å². The quantitative estimate of drug-likeness (QED) is 0.727. The van der Waals surface area contributed by atoms with Crippen molar-refractivity contribution >= 4 is 16.9 Å². The van der Waals surface area contributed by atoms with Crippen molar-refractivity contribution in [1.29, 1.82) is 0 Å². The van der Waals surface area contributed by atoms with Crippen molar-refractivity contribution in [1.82, 2.24) is 20.1 Å². The van der Waals surface area contributed by atoms with E-state index in [1.807, 2.05) is 0 Å². The zero-order valence-electron chi connectivity index (χ0n) is 15.3. The minimum absolute atomic E-state index is 0.155. The van der Waals surface area contributed by atoms with Crippen LogP contribution in [0.5, 0.6) is 0 Å². The predicted molar refractivity (Wildman–Crippen MR) is 98.7 cm³/mol. The van der Waals surface area contributed by atoms with Gasteiger partial charge in [0, 0.05) is 18.7 Å². The maximum Gasteiger partial charge on any atom is 0.416 e. The highest BCUT2D eigenvalue weighted by atomic mass is 19.4. The number of hydrogen-bond donors (Lipinski definition) is 1. The van der Waals surface area contributed by atoms with E-state index >= 15 is 0 Å². The summed E-state index contributed by atoms with van der Waals surface area (Å²) in [5, 5.41) is 7.85. The Kier molecular flexibility index (Phi) is 4.56. The molecule has 5 nitrogen and oxygen atoms in total. The number of nitrogens with one attached hydrogen (secondary N) is 1. The molecule has 3 aromatic rings. The molecule has 146 valence electrons. The van der Waals surface area contributed by atoms with E-state index in [1.54, 1.807) is 24.0 Å². The molecule has 1 amide bonds.